The number of carbonyl (C=O) groups excluding carboxylic acids is 2. The van der Waals surface area contributed by atoms with E-state index in [0.717, 1.165) is 11.3 Å². The summed E-state index contributed by atoms with van der Waals surface area (Å²) in [5.74, 6) is -0.820. The predicted molar refractivity (Wildman–Crippen MR) is 134 cm³/mol. The highest BCUT2D eigenvalue weighted by Gasteiger charge is 2.33. The topological polar surface area (TPSA) is 83.1 Å². The van der Waals surface area contributed by atoms with Gasteiger partial charge in [0, 0.05) is 42.4 Å². The van der Waals surface area contributed by atoms with Crippen LogP contribution >= 0.6 is 12.2 Å². The Labute approximate surface area is 198 Å². The molecule has 166 valence electrons. The highest BCUT2D eigenvalue weighted by atomic mass is 32.1. The van der Waals surface area contributed by atoms with Gasteiger partial charge in [0.2, 0.25) is 5.91 Å². The Morgan fingerprint density at radius 3 is 2.12 bits per heavy atom. The molecule has 0 bridgehead atoms. The number of thiocarbonyl (C=S) groups is 1. The summed E-state index contributed by atoms with van der Waals surface area (Å²) in [6.07, 6.45) is 3.93. The number of nitrogens with one attached hydrogen (secondary N) is 3. The third-order valence-electron chi connectivity index (χ3n) is 5.39. The average molecular weight is 457 g/mol. The molecule has 4 rings (SSSR count). The van der Waals surface area contributed by atoms with E-state index in [4.69, 9.17) is 12.2 Å². The largest absolute Gasteiger partial charge is 0.384 e. The van der Waals surface area contributed by atoms with Gasteiger partial charge in [-0.1, -0.05) is 48.6 Å². The Bertz CT molecular complexity index is 1160. The third kappa shape index (κ3) is 5.90. The normalized spacial score (nSPS) is 15.6. The number of allylic oxidation sites excluding steroid dienone is 1. The first-order valence-corrected chi connectivity index (χ1v) is 11.1. The number of pyridine rings is 1. The summed E-state index contributed by atoms with van der Waals surface area (Å²) in [5, 5.41) is 9.43. The first kappa shape index (κ1) is 22.4. The van der Waals surface area contributed by atoms with E-state index < -0.39 is 5.92 Å². The van der Waals surface area contributed by atoms with Crippen molar-refractivity contribution >= 4 is 40.3 Å². The molecule has 0 aliphatic heterocycles. The maximum absolute atomic E-state index is 13.2. The van der Waals surface area contributed by atoms with Crippen molar-refractivity contribution in [2.45, 2.75) is 19.4 Å². The molecule has 2 aromatic carbocycles. The minimum atomic E-state index is -0.485. The van der Waals surface area contributed by atoms with E-state index in [1.165, 1.54) is 0 Å². The summed E-state index contributed by atoms with van der Waals surface area (Å²) < 4.78 is 0. The molecule has 0 radical (unpaired) electrons. The number of rotatable bonds is 7. The molecule has 3 aromatic rings. The average Bonchev–Trinajstić information content (AvgIpc) is 2.84. The molecule has 0 fully saturated rings. The Morgan fingerprint density at radius 2 is 1.48 bits per heavy atom. The fourth-order valence-corrected chi connectivity index (χ4v) is 4.07. The minimum absolute atomic E-state index is 0.102. The van der Waals surface area contributed by atoms with E-state index in [9.17, 15) is 9.59 Å². The number of carbonyl (C=O) groups is 2. The van der Waals surface area contributed by atoms with Gasteiger partial charge in [-0.15, -0.1) is 0 Å². The first-order valence-electron chi connectivity index (χ1n) is 10.7. The van der Waals surface area contributed by atoms with Gasteiger partial charge in [-0.2, -0.15) is 0 Å². The maximum atomic E-state index is 13.2. The lowest BCUT2D eigenvalue weighted by atomic mass is 9.85. The molecule has 1 aliphatic rings. The van der Waals surface area contributed by atoms with Crippen LogP contribution in [0.25, 0.3) is 0 Å². The molecule has 1 atom stereocenters. The smallest absolute Gasteiger partial charge is 0.228 e. The molecule has 1 aromatic heterocycles. The van der Waals surface area contributed by atoms with Crippen molar-refractivity contribution in [2.24, 2.45) is 5.92 Å². The van der Waals surface area contributed by atoms with Crippen LogP contribution in [0, 0.1) is 5.92 Å². The molecule has 6 nitrogen and oxygen atoms in total. The summed E-state index contributed by atoms with van der Waals surface area (Å²) in [6, 6.07) is 22.5. The molecule has 0 saturated heterocycles. The number of hydrogen-bond donors (Lipinski definition) is 3. The van der Waals surface area contributed by atoms with Crippen LogP contribution in [-0.4, -0.2) is 21.7 Å². The molecule has 7 heteroatoms. The van der Waals surface area contributed by atoms with Crippen LogP contribution in [-0.2, 0) is 16.1 Å². The third-order valence-corrected chi connectivity index (χ3v) is 5.70. The van der Waals surface area contributed by atoms with Gasteiger partial charge in [0.05, 0.1) is 11.5 Å². The van der Waals surface area contributed by atoms with Crippen LogP contribution in [0.15, 0.2) is 96.5 Å². The molecule has 3 N–H and O–H groups in total. The molecule has 1 unspecified atom stereocenters. The van der Waals surface area contributed by atoms with E-state index in [0.29, 0.717) is 34.9 Å². The molecule has 1 amide bonds. The van der Waals surface area contributed by atoms with Gasteiger partial charge in [0.15, 0.2) is 5.78 Å². The summed E-state index contributed by atoms with van der Waals surface area (Å²) >= 11 is 5.61. The van der Waals surface area contributed by atoms with Crippen molar-refractivity contribution in [3.8, 4) is 0 Å². The van der Waals surface area contributed by atoms with Gasteiger partial charge >= 0.3 is 0 Å². The predicted octanol–water partition coefficient (Wildman–Crippen LogP) is 4.48. The zero-order valence-electron chi connectivity index (χ0n) is 18.0. The molecule has 33 heavy (non-hydrogen) atoms. The monoisotopic (exact) mass is 456 g/mol. The number of ketones is 1. The van der Waals surface area contributed by atoms with Crippen molar-refractivity contribution in [1.82, 2.24) is 10.3 Å². The van der Waals surface area contributed by atoms with Crippen LogP contribution in [0.3, 0.4) is 0 Å². The van der Waals surface area contributed by atoms with Crippen molar-refractivity contribution < 1.29 is 9.59 Å². The molecule has 1 heterocycles. The number of anilines is 2. The molecular formula is C26H24N4O2S. The van der Waals surface area contributed by atoms with Crippen molar-refractivity contribution in [2.75, 3.05) is 10.6 Å². The van der Waals surface area contributed by atoms with Crippen LogP contribution in [0.4, 0.5) is 11.4 Å². The summed E-state index contributed by atoms with van der Waals surface area (Å²) in [4.78, 5) is 30.5. The maximum Gasteiger partial charge on any atom is 0.228 e. The van der Waals surface area contributed by atoms with Crippen molar-refractivity contribution in [1.29, 1.82) is 0 Å². The second-order valence-electron chi connectivity index (χ2n) is 7.77. The summed E-state index contributed by atoms with van der Waals surface area (Å²) in [5.41, 5.74) is 3.64. The lowest BCUT2D eigenvalue weighted by Crippen LogP contribution is -2.36. The molecule has 1 aliphatic carbocycles. The number of nitrogens with zero attached hydrogens (tertiary/aromatic N) is 1. The molecule has 0 saturated carbocycles. The van der Waals surface area contributed by atoms with E-state index in [2.05, 4.69) is 20.9 Å². The number of amides is 1. The van der Waals surface area contributed by atoms with Gasteiger partial charge in [-0.25, -0.2) is 0 Å². The van der Waals surface area contributed by atoms with Crippen LogP contribution in [0.2, 0.25) is 0 Å². The Morgan fingerprint density at radius 1 is 0.879 bits per heavy atom. The highest BCUT2D eigenvalue weighted by Crippen LogP contribution is 2.29. The Hall–Kier alpha value is -3.84. The summed E-state index contributed by atoms with van der Waals surface area (Å²) in [7, 11) is 0. The van der Waals surface area contributed by atoms with Gasteiger partial charge in [-0.3, -0.25) is 14.6 Å². The van der Waals surface area contributed by atoms with Gasteiger partial charge in [0.25, 0.3) is 0 Å². The van der Waals surface area contributed by atoms with Crippen molar-refractivity contribution in [3.05, 3.63) is 102 Å². The lowest BCUT2D eigenvalue weighted by molar-refractivity contribution is -0.125. The van der Waals surface area contributed by atoms with E-state index >= 15 is 0 Å². The van der Waals surface area contributed by atoms with Crippen molar-refractivity contribution in [3.63, 3.8) is 0 Å². The fraction of sp³-hybridized carbons (Fsp3) is 0.154. The fourth-order valence-electron chi connectivity index (χ4n) is 3.71. The molecule has 0 spiro atoms. The standard InChI is InChI=1S/C26H24N4O2S/c31-23-16-19(25(32)29-20-7-3-1-4-8-20)15-22(28-17-18-11-13-27-14-12-18)24(23)26(33)30-21-9-5-2-6-10-21/h1-14,19,28H,15-17H2,(H,29,32)(H,30,33). The highest BCUT2D eigenvalue weighted by molar-refractivity contribution is 7.81. The number of aromatic nitrogens is 1. The Balaban J connectivity index is 1.56. The minimum Gasteiger partial charge on any atom is -0.384 e. The number of benzene rings is 2. The quantitative estimate of drug-likeness (QED) is 0.455. The number of Topliss-reactive ketones (excluding diaryl/α,β-unsaturated/α-hetero) is 1. The SMILES string of the molecule is O=C1CC(C(=O)Nc2ccccc2)CC(NCc2ccncc2)=C1C(=S)Nc1ccccc1. The van der Waals surface area contributed by atoms with Gasteiger partial charge in [-0.05, 0) is 48.4 Å². The van der Waals surface area contributed by atoms with Crippen LogP contribution < -0.4 is 16.0 Å². The lowest BCUT2D eigenvalue weighted by Gasteiger charge is -2.27. The van der Waals surface area contributed by atoms with Gasteiger partial charge in [0.1, 0.15) is 4.99 Å². The van der Waals surface area contributed by atoms with E-state index in [1.807, 2.05) is 72.8 Å². The number of para-hydroxylation sites is 2. The second kappa shape index (κ2) is 10.7. The Kier molecular flexibility index (Phi) is 7.22. The first-order chi connectivity index (χ1) is 16.1. The second-order valence-corrected chi connectivity index (χ2v) is 8.17. The zero-order chi connectivity index (χ0) is 23.0. The van der Waals surface area contributed by atoms with E-state index in [-0.39, 0.29) is 18.1 Å². The molecular weight excluding hydrogens is 432 g/mol. The van der Waals surface area contributed by atoms with Crippen LogP contribution in [0.1, 0.15) is 18.4 Å². The van der Waals surface area contributed by atoms with Crippen LogP contribution in [0.5, 0.6) is 0 Å². The number of hydrogen-bond acceptors (Lipinski definition) is 5. The zero-order valence-corrected chi connectivity index (χ0v) is 18.8. The van der Waals surface area contributed by atoms with E-state index in [1.54, 1.807) is 12.4 Å². The summed E-state index contributed by atoms with van der Waals surface area (Å²) in [6.45, 7) is 0.496. The van der Waals surface area contributed by atoms with Gasteiger partial charge < -0.3 is 16.0 Å².